The van der Waals surface area contributed by atoms with E-state index in [-0.39, 0.29) is 5.91 Å². The van der Waals surface area contributed by atoms with E-state index in [4.69, 9.17) is 5.73 Å². The fourth-order valence-corrected chi connectivity index (χ4v) is 3.00. The van der Waals surface area contributed by atoms with Crippen LogP contribution >= 0.6 is 11.3 Å². The Balaban J connectivity index is 2.48. The summed E-state index contributed by atoms with van der Waals surface area (Å²) in [5.74, 6) is 0.314. The quantitative estimate of drug-likeness (QED) is 0.803. The molecule has 1 amide bonds. The Bertz CT molecular complexity index is 466. The molecule has 0 saturated carbocycles. The number of carbonyl (C=O) groups excluding carboxylic acids is 1. The smallest absolute Gasteiger partial charge is 0.231 e. The van der Waals surface area contributed by atoms with Crippen molar-refractivity contribution in [3.63, 3.8) is 0 Å². The molecule has 0 bridgehead atoms. The van der Waals surface area contributed by atoms with Gasteiger partial charge in [0.15, 0.2) is 5.96 Å². The summed E-state index contributed by atoms with van der Waals surface area (Å²) in [6.07, 6.45) is 0.381. The first kappa shape index (κ1) is 11.1. The van der Waals surface area contributed by atoms with E-state index < -0.39 is 5.54 Å². The highest BCUT2D eigenvalue weighted by molar-refractivity contribution is 7.10. The predicted octanol–water partition coefficient (Wildman–Crippen LogP) is 1.45. The van der Waals surface area contributed by atoms with E-state index in [0.29, 0.717) is 12.4 Å². The molecule has 1 aliphatic rings. The maximum absolute atomic E-state index is 11.8. The Labute approximate surface area is 98.8 Å². The SMILES string of the molecule is Cc1ccsc1[C@]1(C)CC(=O)N(C)C(N)=N1. The fourth-order valence-electron chi connectivity index (χ4n) is 1.96. The average molecular weight is 237 g/mol. The van der Waals surface area contributed by atoms with Crippen molar-refractivity contribution in [2.24, 2.45) is 10.7 Å². The lowest BCUT2D eigenvalue weighted by atomic mass is 9.92. The first-order valence-corrected chi connectivity index (χ1v) is 5.98. The van der Waals surface area contributed by atoms with Crippen LogP contribution in [0.2, 0.25) is 0 Å². The molecule has 0 radical (unpaired) electrons. The summed E-state index contributed by atoms with van der Waals surface area (Å²) in [5, 5.41) is 2.02. The Morgan fingerprint density at radius 2 is 2.31 bits per heavy atom. The topological polar surface area (TPSA) is 58.7 Å². The molecule has 5 heteroatoms. The van der Waals surface area contributed by atoms with Gasteiger partial charge in [-0.3, -0.25) is 9.69 Å². The van der Waals surface area contributed by atoms with E-state index in [1.165, 1.54) is 10.5 Å². The lowest BCUT2D eigenvalue weighted by Gasteiger charge is -2.33. The molecule has 0 spiro atoms. The molecule has 2 heterocycles. The maximum atomic E-state index is 11.8. The Morgan fingerprint density at radius 3 is 2.81 bits per heavy atom. The molecule has 1 atom stereocenters. The largest absolute Gasteiger partial charge is 0.369 e. The van der Waals surface area contributed by atoms with Gasteiger partial charge in [-0.25, -0.2) is 4.99 Å². The number of rotatable bonds is 1. The number of aliphatic imine (C=N–C) groups is 1. The lowest BCUT2D eigenvalue weighted by Crippen LogP contribution is -2.47. The van der Waals surface area contributed by atoms with Crippen molar-refractivity contribution in [2.45, 2.75) is 25.8 Å². The van der Waals surface area contributed by atoms with Gasteiger partial charge in [-0.05, 0) is 30.9 Å². The summed E-state index contributed by atoms with van der Waals surface area (Å²) >= 11 is 1.63. The number of nitrogens with two attached hydrogens (primary N) is 1. The number of amides is 1. The summed E-state index contributed by atoms with van der Waals surface area (Å²) < 4.78 is 0. The summed E-state index contributed by atoms with van der Waals surface area (Å²) in [5.41, 5.74) is 6.43. The van der Waals surface area contributed by atoms with Gasteiger partial charge in [0, 0.05) is 11.9 Å². The van der Waals surface area contributed by atoms with Gasteiger partial charge in [-0.1, -0.05) is 0 Å². The van der Waals surface area contributed by atoms with Gasteiger partial charge in [-0.15, -0.1) is 11.3 Å². The van der Waals surface area contributed by atoms with Gasteiger partial charge in [0.25, 0.3) is 0 Å². The van der Waals surface area contributed by atoms with Crippen molar-refractivity contribution >= 4 is 23.2 Å². The third-order valence-electron chi connectivity index (χ3n) is 2.93. The Morgan fingerprint density at radius 1 is 1.62 bits per heavy atom. The minimum Gasteiger partial charge on any atom is -0.369 e. The van der Waals surface area contributed by atoms with Crippen molar-refractivity contribution in [1.82, 2.24) is 4.90 Å². The highest BCUT2D eigenvalue weighted by Crippen LogP contribution is 2.37. The van der Waals surface area contributed by atoms with E-state index in [0.717, 1.165) is 4.88 Å². The molecule has 2 N–H and O–H groups in total. The zero-order chi connectivity index (χ0) is 11.9. The van der Waals surface area contributed by atoms with Crippen LogP contribution in [-0.2, 0) is 10.3 Å². The van der Waals surface area contributed by atoms with E-state index in [9.17, 15) is 4.79 Å². The van der Waals surface area contributed by atoms with Gasteiger partial charge in [0.2, 0.25) is 5.91 Å². The molecule has 4 nitrogen and oxygen atoms in total. The average Bonchev–Trinajstić information content (AvgIpc) is 2.61. The zero-order valence-corrected chi connectivity index (χ0v) is 10.5. The molecule has 0 fully saturated rings. The van der Waals surface area contributed by atoms with Crippen molar-refractivity contribution in [3.8, 4) is 0 Å². The second-order valence-electron chi connectivity index (χ2n) is 4.31. The number of guanidine groups is 1. The lowest BCUT2D eigenvalue weighted by molar-refractivity contribution is -0.128. The summed E-state index contributed by atoms with van der Waals surface area (Å²) in [6, 6.07) is 2.04. The van der Waals surface area contributed by atoms with E-state index in [2.05, 4.69) is 4.99 Å². The molecule has 1 aromatic rings. The standard InChI is InChI=1S/C11H15N3OS/c1-7-4-5-16-9(7)11(2)6-8(15)14(3)10(12)13-11/h4-5H,6H2,1-3H3,(H2,12,13)/t11-/m0/s1. The second-order valence-corrected chi connectivity index (χ2v) is 5.22. The van der Waals surface area contributed by atoms with Crippen LogP contribution < -0.4 is 5.73 Å². The first-order chi connectivity index (χ1) is 7.44. The van der Waals surface area contributed by atoms with E-state index in [1.807, 2.05) is 25.3 Å². The molecule has 0 saturated heterocycles. The van der Waals surface area contributed by atoms with Crippen LogP contribution in [0, 0.1) is 6.92 Å². The molecule has 2 rings (SSSR count). The zero-order valence-electron chi connectivity index (χ0n) is 9.65. The molecule has 16 heavy (non-hydrogen) atoms. The maximum Gasteiger partial charge on any atom is 0.231 e. The number of hydrogen-bond acceptors (Lipinski definition) is 4. The monoisotopic (exact) mass is 237 g/mol. The van der Waals surface area contributed by atoms with Crippen molar-refractivity contribution in [3.05, 3.63) is 21.9 Å². The molecule has 86 valence electrons. The molecular formula is C11H15N3OS. The third kappa shape index (κ3) is 1.61. The van der Waals surface area contributed by atoms with Crippen molar-refractivity contribution in [2.75, 3.05) is 7.05 Å². The number of nitrogens with zero attached hydrogens (tertiary/aromatic N) is 2. The van der Waals surface area contributed by atoms with Gasteiger partial charge in [0.05, 0.1) is 6.42 Å². The molecule has 1 aromatic heterocycles. The minimum atomic E-state index is -0.494. The highest BCUT2D eigenvalue weighted by atomic mass is 32.1. The van der Waals surface area contributed by atoms with E-state index >= 15 is 0 Å². The van der Waals surface area contributed by atoms with Gasteiger partial charge in [-0.2, -0.15) is 0 Å². The molecule has 0 aromatic carbocycles. The number of carbonyl (C=O) groups is 1. The van der Waals surface area contributed by atoms with Gasteiger partial charge in [0.1, 0.15) is 5.54 Å². The van der Waals surface area contributed by atoms with Crippen molar-refractivity contribution < 1.29 is 4.79 Å². The summed E-state index contributed by atoms with van der Waals surface area (Å²) in [4.78, 5) is 18.8. The van der Waals surface area contributed by atoms with Crippen LogP contribution in [-0.4, -0.2) is 23.8 Å². The third-order valence-corrected chi connectivity index (χ3v) is 4.20. The van der Waals surface area contributed by atoms with Crippen LogP contribution in [0.1, 0.15) is 23.8 Å². The normalized spacial score (nSPS) is 25.8. The first-order valence-electron chi connectivity index (χ1n) is 5.10. The number of aryl methyl sites for hydroxylation is 1. The Hall–Kier alpha value is -1.36. The molecule has 0 aliphatic carbocycles. The predicted molar refractivity (Wildman–Crippen MR) is 65.4 cm³/mol. The van der Waals surface area contributed by atoms with Crippen molar-refractivity contribution in [1.29, 1.82) is 0 Å². The van der Waals surface area contributed by atoms with Crippen LogP contribution in [0.4, 0.5) is 0 Å². The number of hydrogen-bond donors (Lipinski definition) is 1. The second kappa shape index (κ2) is 3.59. The molecule has 1 aliphatic heterocycles. The van der Waals surface area contributed by atoms with Crippen LogP contribution in [0.3, 0.4) is 0 Å². The van der Waals surface area contributed by atoms with Crippen LogP contribution in [0.25, 0.3) is 0 Å². The molecule has 0 unspecified atom stereocenters. The van der Waals surface area contributed by atoms with E-state index in [1.54, 1.807) is 18.4 Å². The van der Waals surface area contributed by atoms with Crippen LogP contribution in [0.15, 0.2) is 16.4 Å². The van der Waals surface area contributed by atoms with Crippen LogP contribution in [0.5, 0.6) is 0 Å². The fraction of sp³-hybridized carbons (Fsp3) is 0.455. The molecular weight excluding hydrogens is 222 g/mol. The highest BCUT2D eigenvalue weighted by Gasteiger charge is 2.37. The van der Waals surface area contributed by atoms with Gasteiger partial charge >= 0.3 is 0 Å². The van der Waals surface area contributed by atoms with Gasteiger partial charge < -0.3 is 5.73 Å². The Kier molecular flexibility index (Phi) is 2.50. The summed E-state index contributed by atoms with van der Waals surface area (Å²) in [6.45, 7) is 4.00. The minimum absolute atomic E-state index is 0.0165. The number of thiophene rings is 1. The summed E-state index contributed by atoms with van der Waals surface area (Å²) in [7, 11) is 1.65.